The second-order valence-corrected chi connectivity index (χ2v) is 7.85. The molecular weight excluding hydrogens is 248 g/mol. The SMILES string of the molecule is CS(=O)(=O)N1CCCC(CNC2CCCCC2)C1. The van der Waals surface area contributed by atoms with Crippen LogP contribution in [0.4, 0.5) is 0 Å². The first kappa shape index (κ1) is 14.3. The first-order valence-corrected chi connectivity index (χ1v) is 9.09. The van der Waals surface area contributed by atoms with E-state index >= 15 is 0 Å². The topological polar surface area (TPSA) is 49.4 Å². The Morgan fingerprint density at radius 3 is 2.50 bits per heavy atom. The molecule has 106 valence electrons. The molecule has 1 unspecified atom stereocenters. The lowest BCUT2D eigenvalue weighted by Gasteiger charge is -2.32. The lowest BCUT2D eigenvalue weighted by atomic mass is 9.94. The van der Waals surface area contributed by atoms with Crippen LogP contribution in [0.2, 0.25) is 0 Å². The summed E-state index contributed by atoms with van der Waals surface area (Å²) in [4.78, 5) is 0. The average molecular weight is 274 g/mol. The number of rotatable bonds is 4. The Hall–Kier alpha value is -0.130. The third-order valence-corrected chi connectivity index (χ3v) is 5.52. The number of hydrogen-bond acceptors (Lipinski definition) is 3. The summed E-state index contributed by atoms with van der Waals surface area (Å²) >= 11 is 0. The molecule has 0 bridgehead atoms. The second kappa shape index (κ2) is 6.35. The van der Waals surface area contributed by atoms with E-state index < -0.39 is 10.0 Å². The number of sulfonamides is 1. The van der Waals surface area contributed by atoms with E-state index in [0.717, 1.165) is 19.4 Å². The number of hydrogen-bond donors (Lipinski definition) is 1. The van der Waals surface area contributed by atoms with Gasteiger partial charge in [0, 0.05) is 19.1 Å². The van der Waals surface area contributed by atoms with E-state index in [1.807, 2.05) is 0 Å². The number of piperidine rings is 1. The monoisotopic (exact) mass is 274 g/mol. The molecule has 1 atom stereocenters. The average Bonchev–Trinajstić information content (AvgIpc) is 2.37. The predicted octanol–water partition coefficient (Wildman–Crippen LogP) is 1.58. The van der Waals surface area contributed by atoms with Gasteiger partial charge >= 0.3 is 0 Å². The van der Waals surface area contributed by atoms with Gasteiger partial charge in [-0.2, -0.15) is 0 Å². The Labute approximate surface area is 111 Å². The number of nitrogens with one attached hydrogen (secondary N) is 1. The van der Waals surface area contributed by atoms with Gasteiger partial charge in [0.25, 0.3) is 0 Å². The normalized spacial score (nSPS) is 28.4. The molecule has 0 spiro atoms. The quantitative estimate of drug-likeness (QED) is 0.847. The van der Waals surface area contributed by atoms with E-state index in [0.29, 0.717) is 25.0 Å². The zero-order valence-electron chi connectivity index (χ0n) is 11.4. The first-order chi connectivity index (χ1) is 8.55. The van der Waals surface area contributed by atoms with Crippen molar-refractivity contribution >= 4 is 10.0 Å². The lowest BCUT2D eigenvalue weighted by molar-refractivity contribution is 0.247. The molecule has 1 aliphatic carbocycles. The minimum absolute atomic E-state index is 0.496. The van der Waals surface area contributed by atoms with Crippen LogP contribution in [0.3, 0.4) is 0 Å². The van der Waals surface area contributed by atoms with Crippen molar-refractivity contribution in [2.75, 3.05) is 25.9 Å². The van der Waals surface area contributed by atoms with Crippen LogP contribution in [0.15, 0.2) is 0 Å². The maximum absolute atomic E-state index is 11.5. The third kappa shape index (κ3) is 4.21. The van der Waals surface area contributed by atoms with Crippen LogP contribution in [0.5, 0.6) is 0 Å². The molecule has 4 nitrogen and oxygen atoms in total. The van der Waals surface area contributed by atoms with Gasteiger partial charge in [-0.25, -0.2) is 12.7 Å². The summed E-state index contributed by atoms with van der Waals surface area (Å²) in [6, 6.07) is 0.673. The van der Waals surface area contributed by atoms with Gasteiger partial charge in [-0.1, -0.05) is 19.3 Å². The maximum atomic E-state index is 11.5. The molecule has 1 aliphatic heterocycles. The summed E-state index contributed by atoms with van der Waals surface area (Å²) in [6.45, 7) is 2.40. The zero-order chi connectivity index (χ0) is 13.0. The molecule has 2 aliphatic rings. The summed E-state index contributed by atoms with van der Waals surface area (Å²) in [5.41, 5.74) is 0. The third-order valence-electron chi connectivity index (χ3n) is 4.25. The second-order valence-electron chi connectivity index (χ2n) is 5.87. The van der Waals surface area contributed by atoms with E-state index in [4.69, 9.17) is 0 Å². The summed E-state index contributed by atoms with van der Waals surface area (Å²) in [6.07, 6.45) is 10.1. The van der Waals surface area contributed by atoms with Gasteiger partial charge in [0.05, 0.1) is 6.26 Å². The summed E-state index contributed by atoms with van der Waals surface area (Å²) in [5.74, 6) is 0.496. The standard InChI is InChI=1S/C13H26N2O2S/c1-18(16,17)15-9-5-6-12(11-15)10-14-13-7-3-2-4-8-13/h12-14H,2-11H2,1H3. The molecule has 5 heteroatoms. The molecule has 1 saturated carbocycles. The van der Waals surface area contributed by atoms with E-state index in [1.54, 1.807) is 4.31 Å². The van der Waals surface area contributed by atoms with Crippen LogP contribution in [0.1, 0.15) is 44.9 Å². The van der Waals surface area contributed by atoms with Crippen LogP contribution in [-0.2, 0) is 10.0 Å². The van der Waals surface area contributed by atoms with Crippen molar-refractivity contribution in [3.8, 4) is 0 Å². The first-order valence-electron chi connectivity index (χ1n) is 7.24. The van der Waals surface area contributed by atoms with E-state index in [9.17, 15) is 8.42 Å². The fourth-order valence-corrected chi connectivity index (χ4v) is 4.08. The molecule has 0 aromatic carbocycles. The molecule has 1 heterocycles. The maximum Gasteiger partial charge on any atom is 0.211 e. The summed E-state index contributed by atoms with van der Waals surface area (Å²) < 4.78 is 24.7. The smallest absolute Gasteiger partial charge is 0.211 e. The summed E-state index contributed by atoms with van der Waals surface area (Å²) in [5, 5.41) is 3.64. The molecule has 2 rings (SSSR count). The van der Waals surface area contributed by atoms with Gasteiger partial charge in [-0.3, -0.25) is 0 Å². The van der Waals surface area contributed by atoms with Crippen LogP contribution in [0.25, 0.3) is 0 Å². The lowest BCUT2D eigenvalue weighted by Crippen LogP contribution is -2.44. The molecule has 0 amide bonds. The van der Waals surface area contributed by atoms with Gasteiger partial charge in [0.2, 0.25) is 10.0 Å². The summed E-state index contributed by atoms with van der Waals surface area (Å²) in [7, 11) is -3.00. The molecule has 1 saturated heterocycles. The van der Waals surface area contributed by atoms with Crippen molar-refractivity contribution in [3.05, 3.63) is 0 Å². The van der Waals surface area contributed by atoms with Crippen molar-refractivity contribution in [1.29, 1.82) is 0 Å². The molecule has 0 aromatic heterocycles. The predicted molar refractivity (Wildman–Crippen MR) is 74.0 cm³/mol. The Bertz CT molecular complexity index is 350. The molecule has 2 fully saturated rings. The highest BCUT2D eigenvalue weighted by atomic mass is 32.2. The largest absolute Gasteiger partial charge is 0.314 e. The van der Waals surface area contributed by atoms with Gasteiger partial charge in [-0.05, 0) is 38.1 Å². The molecular formula is C13H26N2O2S. The number of nitrogens with zero attached hydrogens (tertiary/aromatic N) is 1. The van der Waals surface area contributed by atoms with Gasteiger partial charge in [0.15, 0.2) is 0 Å². The van der Waals surface area contributed by atoms with Crippen LogP contribution < -0.4 is 5.32 Å². The van der Waals surface area contributed by atoms with Crippen molar-refractivity contribution in [3.63, 3.8) is 0 Å². The van der Waals surface area contributed by atoms with Crippen LogP contribution in [0, 0.1) is 5.92 Å². The van der Waals surface area contributed by atoms with Crippen LogP contribution in [-0.4, -0.2) is 44.7 Å². The van der Waals surface area contributed by atoms with E-state index in [2.05, 4.69) is 5.32 Å². The Morgan fingerprint density at radius 2 is 1.83 bits per heavy atom. The molecule has 1 N–H and O–H groups in total. The highest BCUT2D eigenvalue weighted by Crippen LogP contribution is 2.20. The Morgan fingerprint density at radius 1 is 1.11 bits per heavy atom. The van der Waals surface area contributed by atoms with Gasteiger partial charge in [-0.15, -0.1) is 0 Å². The highest BCUT2D eigenvalue weighted by molar-refractivity contribution is 7.88. The fraction of sp³-hybridized carbons (Fsp3) is 1.00. The van der Waals surface area contributed by atoms with Crippen molar-refractivity contribution in [1.82, 2.24) is 9.62 Å². The molecule has 0 aromatic rings. The van der Waals surface area contributed by atoms with Crippen molar-refractivity contribution < 1.29 is 8.42 Å². The van der Waals surface area contributed by atoms with Crippen molar-refractivity contribution in [2.45, 2.75) is 51.0 Å². The highest BCUT2D eigenvalue weighted by Gasteiger charge is 2.26. The molecule has 18 heavy (non-hydrogen) atoms. The minimum Gasteiger partial charge on any atom is -0.314 e. The van der Waals surface area contributed by atoms with E-state index in [-0.39, 0.29) is 0 Å². The fourth-order valence-electron chi connectivity index (χ4n) is 3.13. The zero-order valence-corrected chi connectivity index (χ0v) is 12.2. The van der Waals surface area contributed by atoms with E-state index in [1.165, 1.54) is 38.4 Å². The van der Waals surface area contributed by atoms with Gasteiger partial charge in [0.1, 0.15) is 0 Å². The van der Waals surface area contributed by atoms with Crippen molar-refractivity contribution in [2.24, 2.45) is 5.92 Å². The Kier molecular flexibility index (Phi) is 5.04. The Balaban J connectivity index is 1.75. The minimum atomic E-state index is -3.00. The van der Waals surface area contributed by atoms with Crippen LogP contribution >= 0.6 is 0 Å². The van der Waals surface area contributed by atoms with Gasteiger partial charge < -0.3 is 5.32 Å². The molecule has 0 radical (unpaired) electrons.